The number of sulfonamides is 1. The number of sulfone groups is 1. The van der Waals surface area contributed by atoms with E-state index in [1.54, 1.807) is 24.3 Å². The molecule has 1 aliphatic rings. The minimum atomic E-state index is -3.90. The quantitative estimate of drug-likeness (QED) is 0.687. The van der Waals surface area contributed by atoms with Gasteiger partial charge in [-0.05, 0) is 43.2 Å². The first-order valence-electron chi connectivity index (χ1n) is 9.01. The van der Waals surface area contributed by atoms with Gasteiger partial charge in [-0.3, -0.25) is 4.79 Å². The number of benzene rings is 2. The van der Waals surface area contributed by atoms with Crippen LogP contribution in [0.15, 0.2) is 64.4 Å². The summed E-state index contributed by atoms with van der Waals surface area (Å²) in [6.07, 6.45) is 1.22. The second-order valence-corrected chi connectivity index (χ2v) is 11.0. The normalized spacial score (nSPS) is 17.4. The fraction of sp³-hybridized carbons (Fsp3) is 0.316. The molecule has 0 bridgehead atoms. The third-order valence-electron chi connectivity index (χ3n) is 4.73. The van der Waals surface area contributed by atoms with Crippen LogP contribution in [-0.4, -0.2) is 52.5 Å². The second kappa shape index (κ2) is 8.83. The van der Waals surface area contributed by atoms with E-state index in [0.717, 1.165) is 0 Å². The average Bonchev–Trinajstić information content (AvgIpc) is 3.14. The Morgan fingerprint density at radius 3 is 2.41 bits per heavy atom. The van der Waals surface area contributed by atoms with Gasteiger partial charge in [0.15, 0.2) is 9.84 Å². The van der Waals surface area contributed by atoms with Crippen molar-refractivity contribution in [3.63, 3.8) is 0 Å². The Labute approximate surface area is 175 Å². The van der Waals surface area contributed by atoms with Crippen LogP contribution in [-0.2, 0) is 24.7 Å². The molecule has 0 radical (unpaired) electrons. The summed E-state index contributed by atoms with van der Waals surface area (Å²) in [4.78, 5) is 14.2. The summed E-state index contributed by atoms with van der Waals surface area (Å²) >= 11 is 5.82. The van der Waals surface area contributed by atoms with Gasteiger partial charge in [0.05, 0.1) is 22.1 Å². The number of nitrogens with zero attached hydrogens (tertiary/aromatic N) is 1. The molecule has 29 heavy (non-hydrogen) atoms. The Morgan fingerprint density at radius 2 is 1.72 bits per heavy atom. The van der Waals surface area contributed by atoms with Crippen LogP contribution in [0.2, 0.25) is 5.02 Å². The van der Waals surface area contributed by atoms with Crippen LogP contribution in [0.3, 0.4) is 0 Å². The minimum Gasteiger partial charge on any atom is -0.338 e. The van der Waals surface area contributed by atoms with Crippen molar-refractivity contribution in [2.24, 2.45) is 0 Å². The largest absolute Gasteiger partial charge is 0.338 e. The summed E-state index contributed by atoms with van der Waals surface area (Å²) in [7, 11) is -7.45. The first kappa shape index (κ1) is 21.8. The summed E-state index contributed by atoms with van der Waals surface area (Å²) in [6.45, 7) is -0.0521. The molecule has 1 heterocycles. The number of carbonyl (C=O) groups is 1. The van der Waals surface area contributed by atoms with E-state index < -0.39 is 38.4 Å². The van der Waals surface area contributed by atoms with Gasteiger partial charge in [0.25, 0.3) is 0 Å². The van der Waals surface area contributed by atoms with E-state index in [0.29, 0.717) is 19.4 Å². The molecule has 1 fully saturated rings. The van der Waals surface area contributed by atoms with Crippen molar-refractivity contribution in [3.05, 3.63) is 59.6 Å². The molecule has 0 saturated carbocycles. The van der Waals surface area contributed by atoms with Crippen LogP contribution >= 0.6 is 11.6 Å². The summed E-state index contributed by atoms with van der Waals surface area (Å²) in [5, 5.41) is 0.268. The topological polar surface area (TPSA) is 101 Å². The summed E-state index contributed by atoms with van der Waals surface area (Å²) in [6, 6.07) is 13.3. The standard InChI is InChI=1S/C19H21ClN2O5S2/c20-15-6-4-10-18(12-15)29(26,27)21-13-19(23)22-11-5-7-16(22)14-28(24,25)17-8-2-1-3-9-17/h1-4,6,8-10,12,16,21H,5,7,11,13-14H2. The molecule has 0 aliphatic carbocycles. The van der Waals surface area contributed by atoms with Crippen LogP contribution < -0.4 is 4.72 Å². The Morgan fingerprint density at radius 1 is 1.03 bits per heavy atom. The molecule has 2 aromatic rings. The van der Waals surface area contributed by atoms with Crippen molar-refractivity contribution in [1.29, 1.82) is 0 Å². The van der Waals surface area contributed by atoms with Gasteiger partial charge in [-0.25, -0.2) is 21.6 Å². The van der Waals surface area contributed by atoms with Crippen LogP contribution in [0.1, 0.15) is 12.8 Å². The molecular formula is C19H21ClN2O5S2. The zero-order valence-electron chi connectivity index (χ0n) is 15.5. The molecule has 0 aromatic heterocycles. The number of carbonyl (C=O) groups excluding carboxylic acids is 1. The molecule has 1 aliphatic heterocycles. The zero-order valence-corrected chi connectivity index (χ0v) is 17.9. The fourth-order valence-corrected chi connectivity index (χ4v) is 6.18. The van der Waals surface area contributed by atoms with Crippen molar-refractivity contribution in [3.8, 4) is 0 Å². The predicted molar refractivity (Wildman–Crippen MR) is 110 cm³/mol. The number of halogens is 1. The average molecular weight is 457 g/mol. The molecule has 1 atom stereocenters. The summed E-state index contributed by atoms with van der Waals surface area (Å²) in [5.74, 6) is -0.648. The number of hydrogen-bond acceptors (Lipinski definition) is 5. The van der Waals surface area contributed by atoms with Crippen LogP contribution in [0.4, 0.5) is 0 Å². The lowest BCUT2D eigenvalue weighted by Crippen LogP contribution is -2.44. The van der Waals surface area contributed by atoms with Gasteiger partial charge in [-0.1, -0.05) is 35.9 Å². The number of hydrogen-bond donors (Lipinski definition) is 1. The highest BCUT2D eigenvalue weighted by molar-refractivity contribution is 7.91. The number of likely N-dealkylation sites (tertiary alicyclic amines) is 1. The van der Waals surface area contributed by atoms with Crippen LogP contribution in [0.5, 0.6) is 0 Å². The maximum absolute atomic E-state index is 12.6. The first-order chi connectivity index (χ1) is 13.7. The minimum absolute atomic E-state index is 0.0394. The van der Waals surface area contributed by atoms with Crippen LogP contribution in [0.25, 0.3) is 0 Å². The number of nitrogens with one attached hydrogen (secondary N) is 1. The lowest BCUT2D eigenvalue weighted by Gasteiger charge is -2.25. The van der Waals surface area contributed by atoms with E-state index in [1.165, 1.54) is 35.2 Å². The zero-order chi connectivity index (χ0) is 21.1. The number of rotatable bonds is 7. The molecule has 2 aromatic carbocycles. The van der Waals surface area contributed by atoms with Gasteiger partial charge in [0.1, 0.15) is 0 Å². The fourth-order valence-electron chi connectivity index (χ4n) is 3.29. The Hall–Kier alpha value is -1.94. The van der Waals surface area contributed by atoms with Crippen molar-refractivity contribution < 1.29 is 21.6 Å². The molecule has 10 heteroatoms. The van der Waals surface area contributed by atoms with Crippen molar-refractivity contribution in [2.75, 3.05) is 18.8 Å². The summed E-state index contributed by atoms with van der Waals surface area (Å²) < 4.78 is 52.2. The van der Waals surface area contributed by atoms with E-state index in [9.17, 15) is 21.6 Å². The van der Waals surface area contributed by atoms with Crippen LogP contribution in [0, 0.1) is 0 Å². The highest BCUT2D eigenvalue weighted by Crippen LogP contribution is 2.22. The van der Waals surface area contributed by atoms with E-state index in [4.69, 9.17) is 11.6 Å². The van der Waals surface area contributed by atoms with Gasteiger partial charge >= 0.3 is 0 Å². The highest BCUT2D eigenvalue weighted by atomic mass is 35.5. The molecule has 1 amide bonds. The Balaban J connectivity index is 1.66. The molecule has 156 valence electrons. The molecule has 1 saturated heterocycles. The Bertz CT molecular complexity index is 1090. The lowest BCUT2D eigenvalue weighted by molar-refractivity contribution is -0.130. The Kier molecular flexibility index (Phi) is 6.62. The molecular weight excluding hydrogens is 436 g/mol. The first-order valence-corrected chi connectivity index (χ1v) is 12.5. The smallest absolute Gasteiger partial charge is 0.241 e. The third-order valence-corrected chi connectivity index (χ3v) is 8.18. The van der Waals surface area contributed by atoms with Crippen molar-refractivity contribution in [2.45, 2.75) is 28.7 Å². The van der Waals surface area contributed by atoms with E-state index in [1.807, 2.05) is 0 Å². The third kappa shape index (κ3) is 5.36. The molecule has 1 unspecified atom stereocenters. The van der Waals surface area contributed by atoms with Crippen molar-refractivity contribution in [1.82, 2.24) is 9.62 Å². The lowest BCUT2D eigenvalue weighted by atomic mass is 10.2. The van der Waals surface area contributed by atoms with E-state index in [-0.39, 0.29) is 20.6 Å². The van der Waals surface area contributed by atoms with Gasteiger partial charge in [0, 0.05) is 17.6 Å². The summed E-state index contributed by atoms with van der Waals surface area (Å²) in [5.41, 5.74) is 0. The van der Waals surface area contributed by atoms with Gasteiger partial charge in [-0.2, -0.15) is 0 Å². The van der Waals surface area contributed by atoms with Gasteiger partial charge in [-0.15, -0.1) is 0 Å². The van der Waals surface area contributed by atoms with Gasteiger partial charge in [0.2, 0.25) is 15.9 Å². The monoisotopic (exact) mass is 456 g/mol. The van der Waals surface area contributed by atoms with Gasteiger partial charge < -0.3 is 4.90 Å². The van der Waals surface area contributed by atoms with E-state index >= 15 is 0 Å². The maximum Gasteiger partial charge on any atom is 0.241 e. The molecule has 0 spiro atoms. The van der Waals surface area contributed by atoms with Crippen molar-refractivity contribution >= 4 is 37.4 Å². The predicted octanol–water partition coefficient (Wildman–Crippen LogP) is 2.08. The molecule has 1 N–H and O–H groups in total. The number of amides is 1. The van der Waals surface area contributed by atoms with E-state index in [2.05, 4.69) is 4.72 Å². The SMILES string of the molecule is O=C(CNS(=O)(=O)c1cccc(Cl)c1)N1CCCC1CS(=O)(=O)c1ccccc1. The molecule has 7 nitrogen and oxygen atoms in total. The molecule has 3 rings (SSSR count). The maximum atomic E-state index is 12.6. The highest BCUT2D eigenvalue weighted by Gasteiger charge is 2.33. The second-order valence-electron chi connectivity index (χ2n) is 6.76.